The van der Waals surface area contributed by atoms with E-state index >= 15 is 0 Å². The van der Waals surface area contributed by atoms with Gasteiger partial charge in [0.2, 0.25) is 5.91 Å². The number of carbonyl (C=O) groups excluding carboxylic acids is 1. The fourth-order valence-corrected chi connectivity index (χ4v) is 2.73. The summed E-state index contributed by atoms with van der Waals surface area (Å²) in [6.45, 7) is 6.43. The van der Waals surface area contributed by atoms with Gasteiger partial charge < -0.3 is 20.1 Å². The number of aromatic nitrogens is 1. The lowest BCUT2D eigenvalue weighted by atomic mass is 10.3. The van der Waals surface area contributed by atoms with Crippen molar-refractivity contribution in [2.75, 3.05) is 50.0 Å². The van der Waals surface area contributed by atoms with Gasteiger partial charge >= 0.3 is 0 Å². The van der Waals surface area contributed by atoms with Crippen LogP contribution in [0.2, 0.25) is 0 Å². The van der Waals surface area contributed by atoms with Crippen LogP contribution in [0.1, 0.15) is 6.92 Å². The lowest BCUT2D eigenvalue weighted by Gasteiger charge is -2.26. The predicted octanol–water partition coefficient (Wildman–Crippen LogP) is 2.72. The summed E-state index contributed by atoms with van der Waals surface area (Å²) in [4.78, 5) is 17.6. The van der Waals surface area contributed by atoms with E-state index in [1.165, 1.54) is 19.1 Å². The molecule has 1 amide bonds. The van der Waals surface area contributed by atoms with Gasteiger partial charge in [0.25, 0.3) is 0 Å². The Hall–Kier alpha value is -2.71. The monoisotopic (exact) mass is 374 g/mol. The molecule has 0 spiro atoms. The summed E-state index contributed by atoms with van der Waals surface area (Å²) in [5, 5.41) is 5.78. The summed E-state index contributed by atoms with van der Waals surface area (Å²) >= 11 is 0. The van der Waals surface area contributed by atoms with Crippen LogP contribution in [0.15, 0.2) is 36.5 Å². The molecule has 1 saturated heterocycles. The molecular weight excluding hydrogens is 351 g/mol. The molecule has 2 N–H and O–H groups in total. The van der Waals surface area contributed by atoms with E-state index in [-0.39, 0.29) is 11.7 Å². The highest BCUT2D eigenvalue weighted by atomic mass is 19.1. The molecule has 1 aromatic heterocycles. The fourth-order valence-electron chi connectivity index (χ4n) is 2.73. The minimum atomic E-state index is -0.556. The van der Waals surface area contributed by atoms with Gasteiger partial charge in [-0.25, -0.2) is 9.37 Å². The molecule has 144 valence electrons. The van der Waals surface area contributed by atoms with Gasteiger partial charge in [0.05, 0.1) is 13.2 Å². The number of amides is 1. The molecule has 1 fully saturated rings. The Bertz CT molecular complexity index is 781. The molecule has 0 aliphatic carbocycles. The third-order valence-corrected chi connectivity index (χ3v) is 4.05. The minimum Gasteiger partial charge on any atom is -0.454 e. The molecule has 1 aromatic carbocycles. The van der Waals surface area contributed by atoms with Crippen LogP contribution >= 0.6 is 0 Å². The van der Waals surface area contributed by atoms with Crippen molar-refractivity contribution < 1.29 is 18.7 Å². The first-order valence-electron chi connectivity index (χ1n) is 8.85. The van der Waals surface area contributed by atoms with E-state index in [0.29, 0.717) is 17.3 Å². The molecule has 0 bridgehead atoms. The molecule has 7 nitrogen and oxygen atoms in total. The van der Waals surface area contributed by atoms with E-state index in [2.05, 4.69) is 20.5 Å². The molecule has 0 unspecified atom stereocenters. The van der Waals surface area contributed by atoms with Crippen LogP contribution in [-0.2, 0) is 9.53 Å². The second kappa shape index (κ2) is 9.29. The summed E-state index contributed by atoms with van der Waals surface area (Å²) in [5.74, 6) is 0.403. The summed E-state index contributed by atoms with van der Waals surface area (Å²) in [5.41, 5.74) is 0.382. The van der Waals surface area contributed by atoms with Crippen LogP contribution in [0.5, 0.6) is 11.5 Å². The number of hydrogen-bond donors (Lipinski definition) is 2. The predicted molar refractivity (Wildman–Crippen MR) is 101 cm³/mol. The van der Waals surface area contributed by atoms with E-state index in [0.717, 1.165) is 39.4 Å². The number of benzene rings is 1. The first kappa shape index (κ1) is 19.1. The standard InChI is InChI=1S/C19H23FN4O3/c1-14(25)23-15-2-3-18(17(20)12-15)27-16-4-5-21-19(13-16)22-6-7-24-8-10-26-11-9-24/h2-5,12-13H,6-11H2,1H3,(H,21,22)(H,23,25). The number of morpholine rings is 1. The fraction of sp³-hybridized carbons (Fsp3) is 0.368. The molecule has 2 aromatic rings. The number of anilines is 2. The van der Waals surface area contributed by atoms with Crippen molar-refractivity contribution in [3.05, 3.63) is 42.3 Å². The molecular formula is C19H23FN4O3. The zero-order valence-corrected chi connectivity index (χ0v) is 15.2. The molecule has 3 rings (SSSR count). The first-order chi connectivity index (χ1) is 13.1. The second-order valence-electron chi connectivity index (χ2n) is 6.19. The molecule has 1 aliphatic rings. The highest BCUT2D eigenvalue weighted by molar-refractivity contribution is 5.88. The van der Waals surface area contributed by atoms with E-state index in [4.69, 9.17) is 9.47 Å². The van der Waals surface area contributed by atoms with Gasteiger partial charge in [0.1, 0.15) is 11.6 Å². The van der Waals surface area contributed by atoms with Gasteiger partial charge in [-0.3, -0.25) is 9.69 Å². The van der Waals surface area contributed by atoms with Crippen LogP contribution < -0.4 is 15.4 Å². The van der Waals surface area contributed by atoms with Crippen molar-refractivity contribution in [3.63, 3.8) is 0 Å². The number of nitrogens with zero attached hydrogens (tertiary/aromatic N) is 2. The van der Waals surface area contributed by atoms with Crippen molar-refractivity contribution in [2.24, 2.45) is 0 Å². The lowest BCUT2D eigenvalue weighted by Crippen LogP contribution is -2.39. The Balaban J connectivity index is 1.56. The number of carbonyl (C=O) groups is 1. The van der Waals surface area contributed by atoms with E-state index < -0.39 is 5.82 Å². The number of halogens is 1. The molecule has 27 heavy (non-hydrogen) atoms. The van der Waals surface area contributed by atoms with Crippen LogP contribution in [0.3, 0.4) is 0 Å². The molecule has 1 aliphatic heterocycles. The van der Waals surface area contributed by atoms with Crippen molar-refractivity contribution in [1.82, 2.24) is 9.88 Å². The Kier molecular flexibility index (Phi) is 6.56. The molecule has 8 heteroatoms. The Morgan fingerprint density at radius 2 is 2.11 bits per heavy atom. The molecule has 0 radical (unpaired) electrons. The van der Waals surface area contributed by atoms with Crippen molar-refractivity contribution in [2.45, 2.75) is 6.92 Å². The number of hydrogen-bond acceptors (Lipinski definition) is 6. The minimum absolute atomic E-state index is 0.0783. The van der Waals surface area contributed by atoms with E-state index in [1.807, 2.05) is 0 Å². The molecule has 0 saturated carbocycles. The summed E-state index contributed by atoms with van der Waals surface area (Å²) in [7, 11) is 0. The van der Waals surface area contributed by atoms with Gasteiger partial charge in [-0.15, -0.1) is 0 Å². The summed E-state index contributed by atoms with van der Waals surface area (Å²) in [6.07, 6.45) is 1.61. The lowest BCUT2D eigenvalue weighted by molar-refractivity contribution is -0.114. The van der Waals surface area contributed by atoms with Gasteiger partial charge in [-0.2, -0.15) is 0 Å². The maximum absolute atomic E-state index is 14.2. The highest BCUT2D eigenvalue weighted by Gasteiger charge is 2.10. The number of pyridine rings is 1. The van der Waals surface area contributed by atoms with Crippen molar-refractivity contribution in [3.8, 4) is 11.5 Å². The third kappa shape index (κ3) is 5.90. The van der Waals surface area contributed by atoms with Gasteiger partial charge in [0, 0.05) is 57.1 Å². The maximum Gasteiger partial charge on any atom is 0.221 e. The van der Waals surface area contributed by atoms with Gasteiger partial charge in [-0.1, -0.05) is 0 Å². The van der Waals surface area contributed by atoms with Gasteiger partial charge in [0.15, 0.2) is 11.6 Å². The average Bonchev–Trinajstić information content (AvgIpc) is 2.65. The Morgan fingerprint density at radius 3 is 2.85 bits per heavy atom. The number of nitrogens with one attached hydrogen (secondary N) is 2. The Labute approximate surface area is 157 Å². The highest BCUT2D eigenvalue weighted by Crippen LogP contribution is 2.27. The second-order valence-corrected chi connectivity index (χ2v) is 6.19. The zero-order chi connectivity index (χ0) is 19.1. The number of ether oxygens (including phenoxy) is 2. The quantitative estimate of drug-likeness (QED) is 0.776. The SMILES string of the molecule is CC(=O)Nc1ccc(Oc2ccnc(NCCN3CCOCC3)c2)c(F)c1. The Morgan fingerprint density at radius 1 is 1.30 bits per heavy atom. The van der Waals surface area contributed by atoms with Crippen LogP contribution in [0.4, 0.5) is 15.9 Å². The maximum atomic E-state index is 14.2. The summed E-state index contributed by atoms with van der Waals surface area (Å²) in [6, 6.07) is 7.67. The number of rotatable bonds is 7. The largest absolute Gasteiger partial charge is 0.454 e. The first-order valence-corrected chi connectivity index (χ1v) is 8.85. The average molecular weight is 374 g/mol. The van der Waals surface area contributed by atoms with E-state index in [1.54, 1.807) is 24.4 Å². The van der Waals surface area contributed by atoms with Gasteiger partial charge in [-0.05, 0) is 18.2 Å². The topological polar surface area (TPSA) is 75.7 Å². The van der Waals surface area contributed by atoms with Crippen molar-refractivity contribution in [1.29, 1.82) is 0 Å². The molecule has 2 heterocycles. The van der Waals surface area contributed by atoms with Crippen LogP contribution in [-0.4, -0.2) is 55.2 Å². The van der Waals surface area contributed by atoms with E-state index in [9.17, 15) is 9.18 Å². The van der Waals surface area contributed by atoms with Crippen molar-refractivity contribution >= 4 is 17.4 Å². The zero-order valence-electron chi connectivity index (χ0n) is 15.2. The van der Waals surface area contributed by atoms with Crippen LogP contribution in [0.25, 0.3) is 0 Å². The summed E-state index contributed by atoms with van der Waals surface area (Å²) < 4.78 is 25.1. The normalized spacial score (nSPS) is 14.6. The smallest absolute Gasteiger partial charge is 0.221 e. The van der Waals surface area contributed by atoms with Crippen LogP contribution in [0, 0.1) is 5.82 Å². The molecule has 0 atom stereocenters. The third-order valence-electron chi connectivity index (χ3n) is 4.05.